The zero-order chi connectivity index (χ0) is 18.7. The zero-order valence-electron chi connectivity index (χ0n) is 14.7. The summed E-state index contributed by atoms with van der Waals surface area (Å²) in [5.74, 6) is -0.190. The third-order valence-corrected chi connectivity index (χ3v) is 3.78. The van der Waals surface area contributed by atoms with E-state index in [4.69, 9.17) is 0 Å². The number of aliphatic hydroxyl groups excluding tert-OH is 1. The fraction of sp³-hybridized carbons (Fsp3) is 0.333. The number of benzene rings is 1. The molecule has 0 saturated heterocycles. The van der Waals surface area contributed by atoms with E-state index in [0.29, 0.717) is 22.8 Å². The number of allylic oxidation sites excluding steroid dienone is 4. The van der Waals surface area contributed by atoms with Gasteiger partial charge in [0.2, 0.25) is 0 Å². The average molecular weight is 344 g/mol. The Morgan fingerprint density at radius 3 is 2.24 bits per heavy atom. The molecule has 1 heterocycles. The molecule has 7 nitrogen and oxygen atoms in total. The van der Waals surface area contributed by atoms with Crippen LogP contribution in [0.15, 0.2) is 53.3 Å². The molecule has 0 radical (unpaired) electrons. The van der Waals surface area contributed by atoms with Gasteiger partial charge in [0.25, 0.3) is 5.69 Å². The highest BCUT2D eigenvalue weighted by atomic mass is 16.6. The minimum Gasteiger partial charge on any atom is -0.875 e. The number of nitrogens with one attached hydrogen (secondary N) is 2. The lowest BCUT2D eigenvalue weighted by Gasteiger charge is -2.26. The third-order valence-electron chi connectivity index (χ3n) is 3.78. The quantitative estimate of drug-likeness (QED) is 0.427. The van der Waals surface area contributed by atoms with Gasteiger partial charge >= 0.3 is 0 Å². The molecule has 0 aliphatic carbocycles. The first-order chi connectivity index (χ1) is 11.7. The summed E-state index contributed by atoms with van der Waals surface area (Å²) in [5.41, 5.74) is 2.07. The fourth-order valence-corrected chi connectivity index (χ4v) is 2.13. The molecule has 1 aliphatic rings. The molecular formula is C18H22N3O4-. The summed E-state index contributed by atoms with van der Waals surface area (Å²) in [7, 11) is 0. The van der Waals surface area contributed by atoms with Gasteiger partial charge in [-0.05, 0) is 18.1 Å². The van der Waals surface area contributed by atoms with Gasteiger partial charge in [-0.25, -0.2) is 0 Å². The predicted molar refractivity (Wildman–Crippen MR) is 95.8 cm³/mol. The van der Waals surface area contributed by atoms with Crippen molar-refractivity contribution in [2.75, 3.05) is 10.6 Å². The van der Waals surface area contributed by atoms with Crippen LogP contribution in [0, 0.1) is 22.0 Å². The number of hydrogen-bond donors (Lipinski definition) is 3. The Morgan fingerprint density at radius 1 is 1.08 bits per heavy atom. The van der Waals surface area contributed by atoms with Gasteiger partial charge in [0.15, 0.2) is 0 Å². The number of anilines is 2. The van der Waals surface area contributed by atoms with Gasteiger partial charge in [0.1, 0.15) is 0 Å². The fourth-order valence-electron chi connectivity index (χ4n) is 2.13. The summed E-state index contributed by atoms with van der Waals surface area (Å²) in [6, 6.07) is 4.38. The van der Waals surface area contributed by atoms with Crippen LogP contribution in [0.2, 0.25) is 0 Å². The van der Waals surface area contributed by atoms with Crippen LogP contribution in [0.5, 0.6) is 0 Å². The number of fused-ring (bicyclic) bond motifs is 1. The molecule has 0 unspecified atom stereocenters. The van der Waals surface area contributed by atoms with Gasteiger partial charge in [-0.15, -0.1) is 5.76 Å². The number of nitro groups is 1. The third kappa shape index (κ3) is 4.32. The predicted octanol–water partition coefficient (Wildman–Crippen LogP) is 3.64. The summed E-state index contributed by atoms with van der Waals surface area (Å²) < 4.78 is 0. The van der Waals surface area contributed by atoms with Crippen LogP contribution < -0.4 is 15.7 Å². The summed E-state index contributed by atoms with van der Waals surface area (Å²) in [4.78, 5) is 10.5. The van der Waals surface area contributed by atoms with Crippen molar-refractivity contribution in [3.8, 4) is 0 Å². The molecule has 134 valence electrons. The van der Waals surface area contributed by atoms with E-state index in [0.717, 1.165) is 0 Å². The number of rotatable bonds is 5. The maximum atomic E-state index is 12.1. The van der Waals surface area contributed by atoms with E-state index < -0.39 is 4.92 Å². The first-order valence-corrected chi connectivity index (χ1v) is 8.05. The van der Waals surface area contributed by atoms with Gasteiger partial charge in [0, 0.05) is 24.1 Å². The molecular weight excluding hydrogens is 322 g/mol. The summed E-state index contributed by atoms with van der Waals surface area (Å²) in [6.45, 7) is 7.27. The summed E-state index contributed by atoms with van der Waals surface area (Å²) >= 11 is 0. The topological polar surface area (TPSA) is 110 Å². The summed E-state index contributed by atoms with van der Waals surface area (Å²) in [5, 5.41) is 39.3. The average Bonchev–Trinajstić information content (AvgIpc) is 2.54. The molecule has 1 aromatic carbocycles. The second-order valence-electron chi connectivity index (χ2n) is 6.49. The van der Waals surface area contributed by atoms with Crippen LogP contribution in [0.25, 0.3) is 0 Å². The Hall–Kier alpha value is -2.96. The maximum absolute atomic E-state index is 12.1. The molecule has 1 aromatic rings. The first kappa shape index (κ1) is 18.4. The Labute approximate surface area is 146 Å². The van der Waals surface area contributed by atoms with Gasteiger partial charge < -0.3 is 20.8 Å². The standard InChI is InChI=1S/C18H23N3O4/c1-10(2)17(22)8-15-16(9-18(23)11(3)4)20-14-7-12(21(24)25)5-6-13(14)19-15/h5-11,19-20,22-23H,1-4H3/p-1. The molecule has 0 spiro atoms. The molecule has 0 atom stereocenters. The highest BCUT2D eigenvalue weighted by Crippen LogP contribution is 2.34. The summed E-state index contributed by atoms with van der Waals surface area (Å²) in [6.07, 6.45) is 3.00. The maximum Gasteiger partial charge on any atom is 0.271 e. The van der Waals surface area contributed by atoms with Gasteiger partial charge in [-0.3, -0.25) is 10.1 Å². The Balaban J connectivity index is 2.51. The minimum absolute atomic E-state index is 0.0462. The normalized spacial score (nSPS) is 15.1. The van der Waals surface area contributed by atoms with E-state index in [1.54, 1.807) is 19.9 Å². The largest absolute Gasteiger partial charge is 0.875 e. The molecule has 0 fully saturated rings. The van der Waals surface area contributed by atoms with Crippen molar-refractivity contribution in [2.45, 2.75) is 27.7 Å². The van der Waals surface area contributed by atoms with Gasteiger partial charge in [-0.1, -0.05) is 27.7 Å². The van der Waals surface area contributed by atoms with Crippen LogP contribution in [-0.2, 0) is 0 Å². The molecule has 7 heteroatoms. The van der Waals surface area contributed by atoms with Crippen molar-refractivity contribution in [1.29, 1.82) is 0 Å². The van der Waals surface area contributed by atoms with Crippen molar-refractivity contribution >= 4 is 17.1 Å². The van der Waals surface area contributed by atoms with Crippen LogP contribution >= 0.6 is 0 Å². The Bertz CT molecular complexity index is 777. The van der Waals surface area contributed by atoms with E-state index in [2.05, 4.69) is 10.6 Å². The second-order valence-corrected chi connectivity index (χ2v) is 6.49. The Kier molecular flexibility index (Phi) is 5.36. The van der Waals surface area contributed by atoms with Crippen LogP contribution in [0.1, 0.15) is 27.7 Å². The lowest BCUT2D eigenvalue weighted by Crippen LogP contribution is -2.18. The van der Waals surface area contributed by atoms with E-state index >= 15 is 0 Å². The molecule has 0 saturated carbocycles. The number of aliphatic hydroxyl groups is 1. The van der Waals surface area contributed by atoms with E-state index in [1.807, 2.05) is 13.8 Å². The van der Waals surface area contributed by atoms with Crippen molar-refractivity contribution in [2.24, 2.45) is 11.8 Å². The monoisotopic (exact) mass is 344 g/mol. The van der Waals surface area contributed by atoms with Gasteiger partial charge in [-0.2, -0.15) is 0 Å². The SMILES string of the molecule is CC(C)C([O-])=CC1=C(C=C(O)C(C)C)Nc2cc([N+](=O)[O-])ccc2N1. The number of non-ortho nitro benzene ring substituents is 1. The number of hydrogen-bond acceptors (Lipinski definition) is 6. The van der Waals surface area contributed by atoms with Crippen molar-refractivity contribution in [1.82, 2.24) is 0 Å². The zero-order valence-corrected chi connectivity index (χ0v) is 14.7. The number of nitrogens with zero attached hydrogens (tertiary/aromatic N) is 1. The molecule has 0 aromatic heterocycles. The smallest absolute Gasteiger partial charge is 0.271 e. The minimum atomic E-state index is -0.475. The highest BCUT2D eigenvalue weighted by molar-refractivity contribution is 5.80. The Morgan fingerprint density at radius 2 is 1.68 bits per heavy atom. The lowest BCUT2D eigenvalue weighted by atomic mass is 10.1. The lowest BCUT2D eigenvalue weighted by molar-refractivity contribution is -0.384. The van der Waals surface area contributed by atoms with Crippen molar-refractivity contribution < 1.29 is 15.1 Å². The molecule has 1 aliphatic heterocycles. The molecule has 25 heavy (non-hydrogen) atoms. The molecule has 0 bridgehead atoms. The van der Waals surface area contributed by atoms with E-state index in [1.165, 1.54) is 24.3 Å². The van der Waals surface area contributed by atoms with E-state index in [9.17, 15) is 20.3 Å². The van der Waals surface area contributed by atoms with Gasteiger partial charge in [0.05, 0.1) is 33.5 Å². The first-order valence-electron chi connectivity index (χ1n) is 8.05. The van der Waals surface area contributed by atoms with Crippen molar-refractivity contribution in [3.63, 3.8) is 0 Å². The highest BCUT2D eigenvalue weighted by Gasteiger charge is 2.19. The van der Waals surface area contributed by atoms with Crippen LogP contribution in [0.3, 0.4) is 0 Å². The number of nitro benzene ring substituents is 1. The molecule has 0 amide bonds. The van der Waals surface area contributed by atoms with Crippen LogP contribution in [-0.4, -0.2) is 10.0 Å². The molecule has 2 rings (SSSR count). The molecule has 3 N–H and O–H groups in total. The van der Waals surface area contributed by atoms with E-state index in [-0.39, 0.29) is 29.0 Å². The van der Waals surface area contributed by atoms with Crippen molar-refractivity contribution in [3.05, 3.63) is 63.4 Å². The second kappa shape index (κ2) is 7.29. The van der Waals surface area contributed by atoms with Crippen LogP contribution in [0.4, 0.5) is 17.1 Å².